The van der Waals surface area contributed by atoms with E-state index in [1.165, 1.54) is 0 Å². The third kappa shape index (κ3) is 5.16. The molecule has 2 unspecified atom stereocenters. The van der Waals surface area contributed by atoms with Crippen molar-refractivity contribution in [3.8, 4) is 0 Å². The summed E-state index contributed by atoms with van der Waals surface area (Å²) >= 11 is 5.63. The number of carbonyl (C=O) groups is 1. The lowest BCUT2D eigenvalue weighted by atomic mass is 10.1. The van der Waals surface area contributed by atoms with Gasteiger partial charge in [0.25, 0.3) is 0 Å². The van der Waals surface area contributed by atoms with Gasteiger partial charge in [-0.2, -0.15) is 0 Å². The Bertz CT molecular complexity index is 687. The molecule has 2 aromatic rings. The van der Waals surface area contributed by atoms with Crippen molar-refractivity contribution in [1.29, 1.82) is 0 Å². The van der Waals surface area contributed by atoms with Crippen LogP contribution in [0.1, 0.15) is 17.2 Å². The van der Waals surface area contributed by atoms with Gasteiger partial charge < -0.3 is 20.3 Å². The minimum Gasteiger partial charge on any atom is -0.445 e. The van der Waals surface area contributed by atoms with E-state index >= 15 is 0 Å². The molecule has 0 aliphatic carbocycles. The second-order valence-electron chi connectivity index (χ2n) is 4.98. The summed E-state index contributed by atoms with van der Waals surface area (Å²) in [5.41, 5.74) is 0.601. The number of amides is 1. The lowest BCUT2D eigenvalue weighted by Gasteiger charge is -2.19. The fourth-order valence-corrected chi connectivity index (χ4v) is 2.10. The summed E-state index contributed by atoms with van der Waals surface area (Å²) < 4.78 is 18.5. The van der Waals surface area contributed by atoms with Crippen molar-refractivity contribution >= 4 is 17.7 Å². The molecule has 2 atom stereocenters. The van der Waals surface area contributed by atoms with Gasteiger partial charge in [0.1, 0.15) is 29.8 Å². The molecule has 0 saturated carbocycles. The zero-order chi connectivity index (χ0) is 17.5. The smallest absolute Gasteiger partial charge is 0.407 e. The van der Waals surface area contributed by atoms with Crippen LogP contribution in [0.4, 0.5) is 9.18 Å². The van der Waals surface area contributed by atoms with E-state index in [0.717, 1.165) is 17.8 Å². The van der Waals surface area contributed by atoms with Crippen LogP contribution in [-0.2, 0) is 11.3 Å². The fraction of sp³-hybridized carbons (Fsp3) is 0.250. The molecule has 1 aromatic heterocycles. The van der Waals surface area contributed by atoms with Crippen molar-refractivity contribution in [2.24, 2.45) is 0 Å². The average molecular weight is 355 g/mol. The van der Waals surface area contributed by atoms with Crippen LogP contribution in [0.3, 0.4) is 0 Å². The van der Waals surface area contributed by atoms with Gasteiger partial charge in [0, 0.05) is 12.1 Å². The maximum Gasteiger partial charge on any atom is 0.407 e. The normalized spacial score (nSPS) is 13.2. The third-order valence-corrected chi connectivity index (χ3v) is 3.41. The van der Waals surface area contributed by atoms with Crippen molar-refractivity contribution in [2.45, 2.75) is 18.8 Å². The van der Waals surface area contributed by atoms with Gasteiger partial charge in [-0.3, -0.25) is 0 Å². The fourth-order valence-electron chi connectivity index (χ4n) is 1.94. The first-order chi connectivity index (χ1) is 11.5. The van der Waals surface area contributed by atoms with Crippen LogP contribution in [0.2, 0.25) is 5.15 Å². The lowest BCUT2D eigenvalue weighted by molar-refractivity contribution is 0.0163. The Labute approximate surface area is 142 Å². The molecular weight excluding hydrogens is 339 g/mol. The Kier molecular flexibility index (Phi) is 6.48. The Balaban J connectivity index is 1.82. The summed E-state index contributed by atoms with van der Waals surface area (Å²) in [5.74, 6) is -0.808. The maximum absolute atomic E-state index is 13.6. The maximum atomic E-state index is 13.6. The van der Waals surface area contributed by atoms with E-state index in [1.54, 1.807) is 12.1 Å². The first-order valence-electron chi connectivity index (χ1n) is 7.09. The van der Waals surface area contributed by atoms with Crippen LogP contribution in [-0.4, -0.2) is 33.9 Å². The number of ether oxygens (including phenoxy) is 1. The van der Waals surface area contributed by atoms with E-state index in [-0.39, 0.29) is 23.9 Å². The highest BCUT2D eigenvalue weighted by atomic mass is 35.5. The predicted molar refractivity (Wildman–Crippen MR) is 84.8 cm³/mol. The SMILES string of the molecule is O=C(NCC(O)C(O)c1cc(Cl)ncc1F)OCc1ccccc1. The van der Waals surface area contributed by atoms with Crippen LogP contribution < -0.4 is 5.32 Å². The molecule has 1 amide bonds. The van der Waals surface area contributed by atoms with Crippen molar-refractivity contribution in [3.05, 3.63) is 64.7 Å². The summed E-state index contributed by atoms with van der Waals surface area (Å²) in [4.78, 5) is 15.1. The first kappa shape index (κ1) is 18.1. The second-order valence-corrected chi connectivity index (χ2v) is 5.37. The number of rotatable bonds is 6. The molecule has 24 heavy (non-hydrogen) atoms. The van der Waals surface area contributed by atoms with Crippen LogP contribution >= 0.6 is 11.6 Å². The zero-order valence-electron chi connectivity index (χ0n) is 12.5. The third-order valence-electron chi connectivity index (χ3n) is 3.20. The quantitative estimate of drug-likeness (QED) is 0.692. The number of hydrogen-bond donors (Lipinski definition) is 3. The largest absolute Gasteiger partial charge is 0.445 e. The number of alkyl carbamates (subject to hydrolysis) is 1. The topological polar surface area (TPSA) is 91.7 Å². The zero-order valence-corrected chi connectivity index (χ0v) is 13.3. The van der Waals surface area contributed by atoms with Gasteiger partial charge in [0.05, 0.1) is 6.20 Å². The molecule has 0 saturated heterocycles. The van der Waals surface area contributed by atoms with E-state index in [1.807, 2.05) is 18.2 Å². The highest BCUT2D eigenvalue weighted by molar-refractivity contribution is 6.29. The molecule has 3 N–H and O–H groups in total. The number of aliphatic hydroxyl groups excluding tert-OH is 2. The standard InChI is InChI=1S/C16H16ClFN2O4/c17-14-6-11(12(18)7-19-14)15(22)13(21)8-20-16(23)24-9-10-4-2-1-3-5-10/h1-7,13,15,21-22H,8-9H2,(H,20,23). The van der Waals surface area contributed by atoms with E-state index in [9.17, 15) is 19.4 Å². The number of carbonyl (C=O) groups excluding carboxylic acids is 1. The molecular formula is C16H16ClFN2O4. The van der Waals surface area contributed by atoms with Crippen LogP contribution in [0.25, 0.3) is 0 Å². The molecule has 0 aliphatic rings. The highest BCUT2D eigenvalue weighted by Gasteiger charge is 2.23. The summed E-state index contributed by atoms with van der Waals surface area (Å²) in [6.07, 6.45) is -2.93. The average Bonchev–Trinajstić information content (AvgIpc) is 2.60. The van der Waals surface area contributed by atoms with E-state index < -0.39 is 24.1 Å². The first-order valence-corrected chi connectivity index (χ1v) is 7.47. The molecule has 1 heterocycles. The number of nitrogens with zero attached hydrogens (tertiary/aromatic N) is 1. The number of aliphatic hydroxyl groups is 2. The van der Waals surface area contributed by atoms with Gasteiger partial charge in [0.15, 0.2) is 0 Å². The Morgan fingerprint density at radius 3 is 2.75 bits per heavy atom. The summed E-state index contributed by atoms with van der Waals surface area (Å²) in [7, 11) is 0. The Hall–Kier alpha value is -2.22. The molecule has 1 aromatic carbocycles. The van der Waals surface area contributed by atoms with Gasteiger partial charge >= 0.3 is 6.09 Å². The monoisotopic (exact) mass is 354 g/mol. The van der Waals surface area contributed by atoms with E-state index in [0.29, 0.717) is 0 Å². The van der Waals surface area contributed by atoms with Crippen LogP contribution in [0, 0.1) is 5.82 Å². The summed E-state index contributed by atoms with van der Waals surface area (Å²) in [6, 6.07) is 10.2. The molecule has 8 heteroatoms. The minimum atomic E-state index is -1.57. The Morgan fingerprint density at radius 2 is 2.04 bits per heavy atom. The summed E-state index contributed by atoms with van der Waals surface area (Å²) in [5, 5.41) is 22.1. The molecule has 0 fully saturated rings. The number of halogens is 2. The van der Waals surface area contributed by atoms with Gasteiger partial charge in [-0.25, -0.2) is 14.2 Å². The summed E-state index contributed by atoms with van der Waals surface area (Å²) in [6.45, 7) is -0.256. The number of aromatic nitrogens is 1. The molecule has 0 aliphatic heterocycles. The van der Waals surface area contributed by atoms with E-state index in [2.05, 4.69) is 10.3 Å². The number of benzene rings is 1. The van der Waals surface area contributed by atoms with E-state index in [4.69, 9.17) is 16.3 Å². The molecule has 2 rings (SSSR count). The highest BCUT2D eigenvalue weighted by Crippen LogP contribution is 2.22. The van der Waals surface area contributed by atoms with Gasteiger partial charge in [0.2, 0.25) is 0 Å². The number of nitrogens with one attached hydrogen (secondary N) is 1. The van der Waals surface area contributed by atoms with Crippen LogP contribution in [0.15, 0.2) is 42.6 Å². The minimum absolute atomic E-state index is 0.0205. The lowest BCUT2D eigenvalue weighted by Crippen LogP contribution is -2.36. The van der Waals surface area contributed by atoms with Gasteiger partial charge in [-0.05, 0) is 11.6 Å². The molecule has 0 radical (unpaired) electrons. The van der Waals surface area contributed by atoms with Crippen molar-refractivity contribution in [1.82, 2.24) is 10.3 Å². The number of hydrogen-bond acceptors (Lipinski definition) is 5. The Morgan fingerprint density at radius 1 is 1.33 bits per heavy atom. The predicted octanol–water partition coefficient (Wildman–Crippen LogP) is 2.19. The van der Waals surface area contributed by atoms with Crippen molar-refractivity contribution in [2.75, 3.05) is 6.54 Å². The van der Waals surface area contributed by atoms with Crippen molar-refractivity contribution in [3.63, 3.8) is 0 Å². The van der Waals surface area contributed by atoms with Gasteiger partial charge in [-0.1, -0.05) is 41.9 Å². The van der Waals surface area contributed by atoms with Gasteiger partial charge in [-0.15, -0.1) is 0 Å². The molecule has 6 nitrogen and oxygen atoms in total. The number of pyridine rings is 1. The molecule has 128 valence electrons. The molecule has 0 bridgehead atoms. The van der Waals surface area contributed by atoms with Crippen molar-refractivity contribution < 1.29 is 24.1 Å². The molecule has 0 spiro atoms. The second kappa shape index (κ2) is 8.58. The van der Waals surface area contributed by atoms with Crippen LogP contribution in [0.5, 0.6) is 0 Å².